The van der Waals surface area contributed by atoms with Crippen molar-refractivity contribution in [1.29, 1.82) is 0 Å². The van der Waals surface area contributed by atoms with Gasteiger partial charge in [-0.1, -0.05) is 12.1 Å². The summed E-state index contributed by atoms with van der Waals surface area (Å²) in [6.07, 6.45) is -0.999. The van der Waals surface area contributed by atoms with Crippen molar-refractivity contribution in [3.05, 3.63) is 54.1 Å². The highest BCUT2D eigenvalue weighted by molar-refractivity contribution is 5.98. The molecular formula is C17H14F2N2O4. The summed E-state index contributed by atoms with van der Waals surface area (Å²) in [6.45, 7) is -0.581. The van der Waals surface area contributed by atoms with E-state index in [2.05, 4.69) is 0 Å². The van der Waals surface area contributed by atoms with Crippen LogP contribution in [0.2, 0.25) is 0 Å². The number of hydrogen-bond acceptors (Lipinski definition) is 4. The van der Waals surface area contributed by atoms with Gasteiger partial charge in [-0.2, -0.15) is 0 Å². The van der Waals surface area contributed by atoms with Crippen molar-refractivity contribution in [3.8, 4) is 11.5 Å². The number of para-hydroxylation sites is 2. The first-order valence-electron chi connectivity index (χ1n) is 7.39. The van der Waals surface area contributed by atoms with E-state index >= 15 is 0 Å². The number of primary amides is 1. The number of carbonyl (C=O) groups excluding carboxylic acids is 2. The number of hydrogen-bond donors (Lipinski definition) is 1. The highest BCUT2D eigenvalue weighted by Crippen LogP contribution is 2.33. The third kappa shape index (κ3) is 3.52. The predicted octanol–water partition coefficient (Wildman–Crippen LogP) is 1.62. The van der Waals surface area contributed by atoms with E-state index in [9.17, 15) is 18.4 Å². The van der Waals surface area contributed by atoms with Gasteiger partial charge >= 0.3 is 0 Å². The first-order valence-corrected chi connectivity index (χ1v) is 7.39. The Morgan fingerprint density at radius 3 is 2.72 bits per heavy atom. The molecule has 0 saturated carbocycles. The number of carbonyl (C=O) groups is 2. The monoisotopic (exact) mass is 348 g/mol. The lowest BCUT2D eigenvalue weighted by molar-refractivity contribution is -0.125. The molecule has 1 aliphatic heterocycles. The molecule has 0 saturated heterocycles. The molecule has 3 rings (SSSR count). The van der Waals surface area contributed by atoms with E-state index in [1.165, 1.54) is 4.90 Å². The average molecular weight is 348 g/mol. The minimum atomic E-state index is -0.999. The van der Waals surface area contributed by atoms with Gasteiger partial charge in [-0.15, -0.1) is 0 Å². The molecule has 0 unspecified atom stereocenters. The van der Waals surface area contributed by atoms with E-state index in [4.69, 9.17) is 15.2 Å². The molecule has 130 valence electrons. The highest BCUT2D eigenvalue weighted by atomic mass is 19.1. The molecule has 2 N–H and O–H groups in total. The van der Waals surface area contributed by atoms with Crippen LogP contribution in [0.3, 0.4) is 0 Å². The van der Waals surface area contributed by atoms with Crippen LogP contribution in [0, 0.1) is 11.6 Å². The fourth-order valence-electron chi connectivity index (χ4n) is 2.43. The number of ether oxygens (including phenoxy) is 2. The van der Waals surface area contributed by atoms with Gasteiger partial charge in [-0.3, -0.25) is 9.59 Å². The Hall–Kier alpha value is -3.16. The molecule has 2 aromatic rings. The van der Waals surface area contributed by atoms with E-state index in [-0.39, 0.29) is 12.3 Å². The molecule has 0 aliphatic carbocycles. The van der Waals surface area contributed by atoms with Crippen LogP contribution in [0.15, 0.2) is 42.5 Å². The maximum atomic E-state index is 13.6. The number of nitrogens with two attached hydrogens (primary N) is 1. The lowest BCUT2D eigenvalue weighted by atomic mass is 10.2. The number of amides is 2. The van der Waals surface area contributed by atoms with Crippen molar-refractivity contribution in [2.24, 2.45) is 5.73 Å². The molecule has 2 amide bonds. The van der Waals surface area contributed by atoms with E-state index in [0.717, 1.165) is 12.1 Å². The number of anilines is 1. The molecule has 1 heterocycles. The van der Waals surface area contributed by atoms with Gasteiger partial charge in [0, 0.05) is 6.07 Å². The minimum Gasteiger partial charge on any atom is -0.481 e. The van der Waals surface area contributed by atoms with Gasteiger partial charge in [0.25, 0.3) is 11.8 Å². The van der Waals surface area contributed by atoms with Gasteiger partial charge in [-0.25, -0.2) is 8.78 Å². The molecule has 0 bridgehead atoms. The van der Waals surface area contributed by atoms with E-state index in [0.29, 0.717) is 17.5 Å². The second-order valence-electron chi connectivity index (χ2n) is 5.34. The summed E-state index contributed by atoms with van der Waals surface area (Å²) in [4.78, 5) is 25.2. The summed E-state index contributed by atoms with van der Waals surface area (Å²) >= 11 is 0. The predicted molar refractivity (Wildman–Crippen MR) is 84.3 cm³/mol. The maximum Gasteiger partial charge on any atom is 0.265 e. The number of nitrogens with zero attached hydrogens (tertiary/aromatic N) is 1. The third-order valence-electron chi connectivity index (χ3n) is 3.64. The number of fused-ring (bicyclic) bond motifs is 1. The molecule has 0 fully saturated rings. The summed E-state index contributed by atoms with van der Waals surface area (Å²) in [5.41, 5.74) is 5.72. The molecule has 2 aromatic carbocycles. The van der Waals surface area contributed by atoms with Crippen LogP contribution in [-0.2, 0) is 9.59 Å². The van der Waals surface area contributed by atoms with Gasteiger partial charge in [0.1, 0.15) is 11.6 Å². The van der Waals surface area contributed by atoms with E-state index < -0.39 is 36.2 Å². The normalized spacial score (nSPS) is 15.9. The Morgan fingerprint density at radius 1 is 1.24 bits per heavy atom. The summed E-state index contributed by atoms with van der Waals surface area (Å²) in [5.74, 6) is -2.81. The summed E-state index contributed by atoms with van der Waals surface area (Å²) in [6, 6.07) is 9.41. The van der Waals surface area contributed by atoms with Crippen molar-refractivity contribution in [3.63, 3.8) is 0 Å². The number of rotatable bonds is 4. The van der Waals surface area contributed by atoms with Crippen LogP contribution in [0.25, 0.3) is 0 Å². The smallest absolute Gasteiger partial charge is 0.265 e. The highest BCUT2D eigenvalue weighted by Gasteiger charge is 2.32. The maximum absolute atomic E-state index is 13.6. The van der Waals surface area contributed by atoms with E-state index in [1.807, 2.05) is 0 Å². The molecule has 1 atom stereocenters. The van der Waals surface area contributed by atoms with Crippen LogP contribution in [0.5, 0.6) is 11.5 Å². The van der Waals surface area contributed by atoms with Gasteiger partial charge in [0.15, 0.2) is 24.3 Å². The molecule has 8 heteroatoms. The quantitative estimate of drug-likeness (QED) is 0.910. The molecule has 0 spiro atoms. The fraction of sp³-hybridized carbons (Fsp3) is 0.176. The Balaban J connectivity index is 1.77. The third-order valence-corrected chi connectivity index (χ3v) is 3.64. The Bertz CT molecular complexity index is 828. The largest absolute Gasteiger partial charge is 0.481 e. The van der Waals surface area contributed by atoms with Crippen molar-refractivity contribution >= 4 is 17.5 Å². The minimum absolute atomic E-state index is 0.0829. The van der Waals surface area contributed by atoms with Crippen LogP contribution < -0.4 is 20.1 Å². The summed E-state index contributed by atoms with van der Waals surface area (Å²) in [7, 11) is 0. The van der Waals surface area contributed by atoms with Crippen LogP contribution >= 0.6 is 0 Å². The fourth-order valence-corrected chi connectivity index (χ4v) is 2.43. The summed E-state index contributed by atoms with van der Waals surface area (Å²) < 4.78 is 37.1. The second kappa shape index (κ2) is 6.76. The molecule has 25 heavy (non-hydrogen) atoms. The van der Waals surface area contributed by atoms with Gasteiger partial charge in [-0.05, 0) is 24.3 Å². The zero-order valence-electron chi connectivity index (χ0n) is 12.9. The van der Waals surface area contributed by atoms with Crippen LogP contribution in [-0.4, -0.2) is 31.1 Å². The first-order chi connectivity index (χ1) is 12.0. The van der Waals surface area contributed by atoms with Crippen molar-refractivity contribution < 1.29 is 27.8 Å². The molecule has 6 nitrogen and oxygen atoms in total. The Kier molecular flexibility index (Phi) is 4.51. The number of benzene rings is 2. The Morgan fingerprint density at radius 2 is 2.00 bits per heavy atom. The first kappa shape index (κ1) is 16.7. The zero-order chi connectivity index (χ0) is 18.0. The second-order valence-corrected chi connectivity index (χ2v) is 5.34. The molecule has 1 aliphatic rings. The lowest BCUT2D eigenvalue weighted by Gasteiger charge is -2.33. The molecule has 0 radical (unpaired) electrons. The summed E-state index contributed by atoms with van der Waals surface area (Å²) in [5, 5.41) is 0. The standard InChI is InChI=1S/C17H14F2N2O4/c18-10-5-6-13(11(19)7-10)24-9-16(22)21-8-15(17(20)23)25-14-4-2-1-3-12(14)21/h1-7,15H,8-9H2,(H2,20,23)/t15-/m0/s1. The van der Waals surface area contributed by atoms with E-state index in [1.54, 1.807) is 24.3 Å². The topological polar surface area (TPSA) is 81.9 Å². The number of halogens is 2. The van der Waals surface area contributed by atoms with Crippen LogP contribution in [0.1, 0.15) is 0 Å². The van der Waals surface area contributed by atoms with Crippen LogP contribution in [0.4, 0.5) is 14.5 Å². The molecular weight excluding hydrogens is 334 g/mol. The van der Waals surface area contributed by atoms with Gasteiger partial charge < -0.3 is 20.1 Å². The lowest BCUT2D eigenvalue weighted by Crippen LogP contribution is -2.50. The zero-order valence-corrected chi connectivity index (χ0v) is 12.9. The SMILES string of the molecule is NC(=O)[C@@H]1CN(C(=O)COc2ccc(F)cc2F)c2ccccc2O1. The van der Waals surface area contributed by atoms with Crippen molar-refractivity contribution in [1.82, 2.24) is 0 Å². The average Bonchev–Trinajstić information content (AvgIpc) is 2.59. The van der Waals surface area contributed by atoms with Gasteiger partial charge in [0.05, 0.1) is 12.2 Å². The van der Waals surface area contributed by atoms with Crippen molar-refractivity contribution in [2.75, 3.05) is 18.1 Å². The van der Waals surface area contributed by atoms with Crippen molar-refractivity contribution in [2.45, 2.75) is 6.10 Å². The Labute approximate surface area is 141 Å². The molecule has 0 aromatic heterocycles. The van der Waals surface area contributed by atoms with Gasteiger partial charge in [0.2, 0.25) is 0 Å².